The van der Waals surface area contributed by atoms with Crippen molar-refractivity contribution < 1.29 is 4.42 Å². The number of benzene rings is 8. The smallest absolute Gasteiger partial charge is 0.145 e. The van der Waals surface area contributed by atoms with Gasteiger partial charge in [-0.2, -0.15) is 10.5 Å². The fourth-order valence-electron chi connectivity index (χ4n) is 8.56. The molecule has 0 N–H and O–H groups in total. The van der Waals surface area contributed by atoms with E-state index in [2.05, 4.69) is 149 Å². The van der Waals surface area contributed by atoms with E-state index in [0.717, 1.165) is 99.2 Å². The van der Waals surface area contributed by atoms with Crippen LogP contribution in [0.1, 0.15) is 11.1 Å². The molecule has 0 saturated carbocycles. The van der Waals surface area contributed by atoms with Crippen LogP contribution in [0.15, 0.2) is 174 Å². The van der Waals surface area contributed by atoms with E-state index in [1.807, 2.05) is 42.5 Å². The normalized spacial score (nSPS) is 11.6. The lowest BCUT2D eigenvalue weighted by Gasteiger charge is -2.18. The van der Waals surface area contributed by atoms with Gasteiger partial charge in [0.1, 0.15) is 11.2 Å². The molecule has 5 heteroatoms. The van der Waals surface area contributed by atoms with Gasteiger partial charge in [0, 0.05) is 43.7 Å². The SMILES string of the molecule is N#Cc1ccc(-c2ccc(-c3ccc(-n4c5ccccc5c5c6oc7ccccc7c6ccc54)cc3-n3c4ccccc4c4ccccc43)c(C#N)c2)cc1. The highest BCUT2D eigenvalue weighted by Gasteiger charge is 2.22. The number of para-hydroxylation sites is 4. The summed E-state index contributed by atoms with van der Waals surface area (Å²) < 4.78 is 11.3. The van der Waals surface area contributed by atoms with E-state index in [1.54, 1.807) is 0 Å². The highest BCUT2D eigenvalue weighted by atomic mass is 16.3. The topological polar surface area (TPSA) is 70.6 Å². The van der Waals surface area contributed by atoms with Gasteiger partial charge in [-0.15, -0.1) is 0 Å². The van der Waals surface area contributed by atoms with E-state index in [0.29, 0.717) is 11.1 Å². The van der Waals surface area contributed by atoms with Crippen LogP contribution in [0.25, 0.3) is 99.2 Å². The molecule has 0 fully saturated rings. The van der Waals surface area contributed by atoms with Crippen molar-refractivity contribution in [2.24, 2.45) is 0 Å². The summed E-state index contributed by atoms with van der Waals surface area (Å²) in [5.74, 6) is 0. The molecule has 55 heavy (non-hydrogen) atoms. The molecule has 0 saturated heterocycles. The standard InChI is InChI=1S/C50H28N4O/c51-29-31-17-19-32(20-18-31)33-21-23-36(34(27-33)30-52)39-24-22-35(28-47(39)54-43-13-5-1-9-37(43)38-10-2-6-14-44(38)54)53-45-15-7-3-12-42(45)49-46(53)26-25-41-40-11-4-8-16-48(40)55-50(41)49/h1-28H. The van der Waals surface area contributed by atoms with Gasteiger partial charge >= 0.3 is 0 Å². The van der Waals surface area contributed by atoms with Gasteiger partial charge < -0.3 is 13.6 Å². The minimum absolute atomic E-state index is 0.570. The molecule has 0 radical (unpaired) electrons. The van der Waals surface area contributed by atoms with Crippen molar-refractivity contribution in [1.29, 1.82) is 10.5 Å². The first kappa shape index (κ1) is 30.7. The lowest BCUT2D eigenvalue weighted by atomic mass is 9.94. The second-order valence-corrected chi connectivity index (χ2v) is 13.9. The van der Waals surface area contributed by atoms with E-state index in [-0.39, 0.29) is 0 Å². The number of hydrogen-bond donors (Lipinski definition) is 0. The molecular formula is C50H28N4O. The molecule has 0 amide bonds. The van der Waals surface area contributed by atoms with Gasteiger partial charge in [0.25, 0.3) is 0 Å². The molecule has 0 spiro atoms. The minimum Gasteiger partial charge on any atom is -0.455 e. The highest BCUT2D eigenvalue weighted by Crippen LogP contribution is 2.43. The molecule has 254 valence electrons. The molecule has 11 rings (SSSR count). The fourth-order valence-corrected chi connectivity index (χ4v) is 8.56. The van der Waals surface area contributed by atoms with Crippen molar-refractivity contribution >= 4 is 65.6 Å². The van der Waals surface area contributed by atoms with Crippen LogP contribution in [0.5, 0.6) is 0 Å². The number of nitriles is 2. The van der Waals surface area contributed by atoms with E-state index < -0.39 is 0 Å². The van der Waals surface area contributed by atoms with E-state index >= 15 is 0 Å². The Bertz CT molecular complexity index is 3400. The van der Waals surface area contributed by atoms with E-state index in [4.69, 9.17) is 4.42 Å². The average Bonchev–Trinajstić information content (AvgIpc) is 3.91. The van der Waals surface area contributed by atoms with Crippen LogP contribution in [0.2, 0.25) is 0 Å². The van der Waals surface area contributed by atoms with Crippen molar-refractivity contribution in [3.63, 3.8) is 0 Å². The Labute approximate surface area is 315 Å². The fraction of sp³-hybridized carbons (Fsp3) is 0. The molecule has 3 aromatic heterocycles. The lowest BCUT2D eigenvalue weighted by molar-refractivity contribution is 0.673. The van der Waals surface area contributed by atoms with Crippen LogP contribution < -0.4 is 0 Å². The number of aromatic nitrogens is 2. The quantitative estimate of drug-likeness (QED) is 0.183. The van der Waals surface area contributed by atoms with Crippen LogP contribution in [0.3, 0.4) is 0 Å². The van der Waals surface area contributed by atoms with Crippen LogP contribution in [0.4, 0.5) is 0 Å². The van der Waals surface area contributed by atoms with Crippen LogP contribution >= 0.6 is 0 Å². The maximum Gasteiger partial charge on any atom is 0.145 e. The van der Waals surface area contributed by atoms with Crippen molar-refractivity contribution in [2.45, 2.75) is 0 Å². The summed E-state index contributed by atoms with van der Waals surface area (Å²) in [5.41, 5.74) is 12.8. The number of furan rings is 1. The molecule has 0 atom stereocenters. The zero-order valence-electron chi connectivity index (χ0n) is 29.4. The Hall–Kier alpha value is -7.86. The van der Waals surface area contributed by atoms with Crippen molar-refractivity contribution in [3.05, 3.63) is 181 Å². The van der Waals surface area contributed by atoms with E-state index in [9.17, 15) is 10.5 Å². The zero-order valence-corrected chi connectivity index (χ0v) is 29.4. The summed E-state index contributed by atoms with van der Waals surface area (Å²) in [6, 6.07) is 63.0. The number of hydrogen-bond acceptors (Lipinski definition) is 3. The Morgan fingerprint density at radius 1 is 0.436 bits per heavy atom. The van der Waals surface area contributed by atoms with Gasteiger partial charge in [-0.25, -0.2) is 0 Å². The van der Waals surface area contributed by atoms with Gasteiger partial charge in [0.15, 0.2) is 0 Å². The first-order valence-corrected chi connectivity index (χ1v) is 18.2. The summed E-state index contributed by atoms with van der Waals surface area (Å²) in [6.45, 7) is 0. The summed E-state index contributed by atoms with van der Waals surface area (Å²) in [4.78, 5) is 0. The second-order valence-electron chi connectivity index (χ2n) is 13.9. The van der Waals surface area contributed by atoms with Crippen LogP contribution in [-0.4, -0.2) is 9.13 Å². The summed E-state index contributed by atoms with van der Waals surface area (Å²) >= 11 is 0. The molecule has 0 unspecified atom stereocenters. The predicted molar refractivity (Wildman–Crippen MR) is 223 cm³/mol. The van der Waals surface area contributed by atoms with Crippen molar-refractivity contribution in [3.8, 4) is 45.8 Å². The molecule has 11 aromatic rings. The van der Waals surface area contributed by atoms with Gasteiger partial charge in [-0.1, -0.05) is 103 Å². The third-order valence-electron chi connectivity index (χ3n) is 11.0. The molecular weight excluding hydrogens is 673 g/mol. The maximum atomic E-state index is 10.7. The molecule has 5 nitrogen and oxygen atoms in total. The number of fused-ring (bicyclic) bond motifs is 10. The lowest BCUT2D eigenvalue weighted by Crippen LogP contribution is -2.02. The second kappa shape index (κ2) is 11.8. The average molecular weight is 701 g/mol. The Morgan fingerprint density at radius 3 is 1.76 bits per heavy atom. The third kappa shape index (κ3) is 4.51. The summed E-state index contributed by atoms with van der Waals surface area (Å²) in [6.07, 6.45) is 0. The van der Waals surface area contributed by atoms with Crippen molar-refractivity contribution in [1.82, 2.24) is 9.13 Å². The monoisotopic (exact) mass is 700 g/mol. The predicted octanol–water partition coefficient (Wildman–Crippen LogP) is 12.9. The first-order valence-electron chi connectivity index (χ1n) is 18.2. The van der Waals surface area contributed by atoms with E-state index in [1.165, 1.54) is 0 Å². The third-order valence-corrected chi connectivity index (χ3v) is 11.0. The first-order chi connectivity index (χ1) is 27.2. The van der Waals surface area contributed by atoms with Gasteiger partial charge in [0.2, 0.25) is 0 Å². The maximum absolute atomic E-state index is 10.7. The van der Waals surface area contributed by atoms with Crippen LogP contribution in [-0.2, 0) is 0 Å². The molecule has 0 aliphatic carbocycles. The van der Waals surface area contributed by atoms with Crippen LogP contribution in [0, 0.1) is 22.7 Å². The summed E-state index contributed by atoms with van der Waals surface area (Å²) in [7, 11) is 0. The molecule has 0 aliphatic heterocycles. The Kier molecular flexibility index (Phi) is 6.61. The summed E-state index contributed by atoms with van der Waals surface area (Å²) in [5, 5.41) is 26.7. The highest BCUT2D eigenvalue weighted by molar-refractivity contribution is 6.24. The Morgan fingerprint density at radius 2 is 1.05 bits per heavy atom. The zero-order chi connectivity index (χ0) is 36.6. The molecule has 3 heterocycles. The molecule has 8 aromatic carbocycles. The number of nitrogens with zero attached hydrogens (tertiary/aromatic N) is 4. The molecule has 0 bridgehead atoms. The van der Waals surface area contributed by atoms with Gasteiger partial charge in [-0.05, 0) is 77.9 Å². The Balaban J connectivity index is 1.21. The minimum atomic E-state index is 0.570. The van der Waals surface area contributed by atoms with Gasteiger partial charge in [0.05, 0.1) is 56.4 Å². The number of rotatable bonds is 4. The van der Waals surface area contributed by atoms with Crippen molar-refractivity contribution in [2.75, 3.05) is 0 Å². The molecule has 0 aliphatic rings. The largest absolute Gasteiger partial charge is 0.455 e. The van der Waals surface area contributed by atoms with Gasteiger partial charge in [-0.3, -0.25) is 0 Å².